The van der Waals surface area contributed by atoms with E-state index in [-0.39, 0.29) is 5.84 Å². The summed E-state index contributed by atoms with van der Waals surface area (Å²) in [6, 6.07) is 5.75. The number of aliphatic imine (C=N–C) groups is 1. The van der Waals surface area contributed by atoms with Crippen molar-refractivity contribution in [2.24, 2.45) is 10.7 Å². The number of ether oxygens (including phenoxy) is 1. The number of carbonyl (C=O) groups excluding carboxylic acids is 2. The molecule has 0 fully saturated rings. The van der Waals surface area contributed by atoms with Gasteiger partial charge in [-0.3, -0.25) is 9.59 Å². The average Bonchev–Trinajstić information content (AvgIpc) is 2.36. The third-order valence-corrected chi connectivity index (χ3v) is 2.43. The maximum atomic E-state index is 11.4. The summed E-state index contributed by atoms with van der Waals surface area (Å²) in [7, 11) is 0. The molecule has 18 heavy (non-hydrogen) atoms. The SMILES string of the molecule is CCOc1cccc(C2=NC(=O)C(N)C(=O)N2)c1. The van der Waals surface area contributed by atoms with E-state index in [1.165, 1.54) is 0 Å². The van der Waals surface area contributed by atoms with Crippen molar-refractivity contribution in [3.05, 3.63) is 29.8 Å². The second-order valence-corrected chi connectivity index (χ2v) is 3.73. The summed E-state index contributed by atoms with van der Waals surface area (Å²) >= 11 is 0. The van der Waals surface area contributed by atoms with Crippen LogP contribution in [0, 0.1) is 0 Å². The predicted octanol–water partition coefficient (Wildman–Crippen LogP) is -0.184. The van der Waals surface area contributed by atoms with Crippen LogP contribution < -0.4 is 15.8 Å². The van der Waals surface area contributed by atoms with Gasteiger partial charge in [0.1, 0.15) is 11.6 Å². The number of rotatable bonds is 3. The van der Waals surface area contributed by atoms with Gasteiger partial charge in [0.2, 0.25) is 0 Å². The Morgan fingerprint density at radius 2 is 2.22 bits per heavy atom. The highest BCUT2D eigenvalue weighted by Gasteiger charge is 2.28. The molecule has 6 heteroatoms. The Kier molecular flexibility index (Phi) is 3.38. The fourth-order valence-corrected chi connectivity index (χ4v) is 1.55. The van der Waals surface area contributed by atoms with E-state index in [0.717, 1.165) is 0 Å². The van der Waals surface area contributed by atoms with Crippen molar-refractivity contribution in [3.8, 4) is 5.75 Å². The first kappa shape index (κ1) is 12.3. The minimum atomic E-state index is -1.22. The number of amidine groups is 1. The molecule has 0 radical (unpaired) electrons. The number of carbonyl (C=O) groups is 2. The van der Waals surface area contributed by atoms with Crippen molar-refractivity contribution < 1.29 is 14.3 Å². The molecule has 1 aromatic carbocycles. The first-order valence-electron chi connectivity index (χ1n) is 5.54. The molecule has 0 aliphatic carbocycles. The standard InChI is InChI=1S/C12H13N3O3/c1-2-18-8-5-3-4-7(6-8)10-14-11(16)9(13)12(17)15-10/h3-6,9H,2,13H2,1H3,(H,14,15,16,17). The lowest BCUT2D eigenvalue weighted by molar-refractivity contribution is -0.129. The van der Waals surface area contributed by atoms with Crippen molar-refractivity contribution in [1.82, 2.24) is 5.32 Å². The van der Waals surface area contributed by atoms with Crippen LogP contribution in [-0.2, 0) is 9.59 Å². The van der Waals surface area contributed by atoms with Gasteiger partial charge in [0.15, 0.2) is 6.04 Å². The Bertz CT molecular complexity index is 525. The summed E-state index contributed by atoms with van der Waals surface area (Å²) in [5.41, 5.74) is 5.95. The lowest BCUT2D eigenvalue weighted by atomic mass is 10.1. The number of nitrogens with zero attached hydrogens (tertiary/aromatic N) is 1. The Labute approximate surface area is 104 Å². The van der Waals surface area contributed by atoms with Crippen LogP contribution in [-0.4, -0.2) is 30.3 Å². The van der Waals surface area contributed by atoms with Crippen LogP contribution in [0.4, 0.5) is 0 Å². The van der Waals surface area contributed by atoms with Crippen LogP contribution in [0.3, 0.4) is 0 Å². The molecule has 3 N–H and O–H groups in total. The average molecular weight is 247 g/mol. The van der Waals surface area contributed by atoms with E-state index in [4.69, 9.17) is 10.5 Å². The monoisotopic (exact) mass is 247 g/mol. The molecular weight excluding hydrogens is 234 g/mol. The summed E-state index contributed by atoms with van der Waals surface area (Å²) in [5, 5.41) is 2.49. The van der Waals surface area contributed by atoms with E-state index in [1.807, 2.05) is 6.92 Å². The van der Waals surface area contributed by atoms with Crippen molar-refractivity contribution in [2.75, 3.05) is 6.61 Å². The molecule has 6 nitrogen and oxygen atoms in total. The molecule has 1 atom stereocenters. The number of nitrogens with one attached hydrogen (secondary N) is 1. The molecule has 1 unspecified atom stereocenters. The Morgan fingerprint density at radius 3 is 2.89 bits per heavy atom. The molecule has 0 bridgehead atoms. The predicted molar refractivity (Wildman–Crippen MR) is 65.3 cm³/mol. The van der Waals surface area contributed by atoms with Gasteiger partial charge in [-0.25, -0.2) is 0 Å². The van der Waals surface area contributed by atoms with Gasteiger partial charge in [0.25, 0.3) is 11.8 Å². The van der Waals surface area contributed by atoms with Crippen molar-refractivity contribution in [2.45, 2.75) is 13.0 Å². The molecular formula is C12H13N3O3. The molecule has 1 heterocycles. The molecule has 2 rings (SSSR count). The maximum absolute atomic E-state index is 11.4. The van der Waals surface area contributed by atoms with Gasteiger partial charge in [-0.2, -0.15) is 4.99 Å². The molecule has 0 aromatic heterocycles. The van der Waals surface area contributed by atoms with Gasteiger partial charge in [-0.15, -0.1) is 0 Å². The number of amides is 2. The van der Waals surface area contributed by atoms with Crippen molar-refractivity contribution in [3.63, 3.8) is 0 Å². The Hall–Kier alpha value is -2.21. The molecule has 0 saturated heterocycles. The number of benzene rings is 1. The summed E-state index contributed by atoms with van der Waals surface area (Å²) in [5.74, 6) is -0.343. The number of hydrogen-bond acceptors (Lipinski definition) is 4. The summed E-state index contributed by atoms with van der Waals surface area (Å²) in [6.07, 6.45) is 0. The molecule has 0 saturated carbocycles. The largest absolute Gasteiger partial charge is 0.494 e. The normalized spacial score (nSPS) is 19.2. The van der Waals surface area contributed by atoms with Gasteiger partial charge in [-0.05, 0) is 19.1 Å². The van der Waals surface area contributed by atoms with Gasteiger partial charge >= 0.3 is 0 Å². The Balaban J connectivity index is 2.31. The van der Waals surface area contributed by atoms with Crippen molar-refractivity contribution >= 4 is 17.6 Å². The molecule has 94 valence electrons. The third-order valence-electron chi connectivity index (χ3n) is 2.43. The molecule has 2 amide bonds. The van der Waals surface area contributed by atoms with E-state index < -0.39 is 17.9 Å². The highest BCUT2D eigenvalue weighted by molar-refractivity contribution is 6.22. The fraction of sp³-hybridized carbons (Fsp3) is 0.250. The summed E-state index contributed by atoms with van der Waals surface area (Å²) < 4.78 is 5.33. The van der Waals surface area contributed by atoms with Crippen LogP contribution in [0.1, 0.15) is 12.5 Å². The zero-order valence-corrected chi connectivity index (χ0v) is 9.84. The van der Waals surface area contributed by atoms with E-state index >= 15 is 0 Å². The summed E-state index contributed by atoms with van der Waals surface area (Å²) in [6.45, 7) is 2.40. The number of hydrogen-bond donors (Lipinski definition) is 2. The molecule has 1 aromatic rings. The minimum absolute atomic E-state index is 0.202. The van der Waals surface area contributed by atoms with Crippen molar-refractivity contribution in [1.29, 1.82) is 0 Å². The highest BCUT2D eigenvalue weighted by atomic mass is 16.5. The first-order chi connectivity index (χ1) is 8.61. The second kappa shape index (κ2) is 4.97. The highest BCUT2D eigenvalue weighted by Crippen LogP contribution is 2.14. The quantitative estimate of drug-likeness (QED) is 0.724. The van der Waals surface area contributed by atoms with E-state index in [1.54, 1.807) is 24.3 Å². The van der Waals surface area contributed by atoms with Crippen LogP contribution in [0.2, 0.25) is 0 Å². The van der Waals surface area contributed by atoms with E-state index in [9.17, 15) is 9.59 Å². The lowest BCUT2D eigenvalue weighted by Gasteiger charge is -2.17. The Morgan fingerprint density at radius 1 is 1.44 bits per heavy atom. The van der Waals surface area contributed by atoms with Crippen LogP contribution in [0.15, 0.2) is 29.3 Å². The molecule has 1 aliphatic heterocycles. The van der Waals surface area contributed by atoms with Gasteiger partial charge in [0, 0.05) is 5.56 Å². The number of nitrogens with two attached hydrogens (primary N) is 1. The van der Waals surface area contributed by atoms with Crippen LogP contribution in [0.25, 0.3) is 0 Å². The van der Waals surface area contributed by atoms with Gasteiger partial charge in [0.05, 0.1) is 6.61 Å². The van der Waals surface area contributed by atoms with E-state index in [0.29, 0.717) is 17.9 Å². The lowest BCUT2D eigenvalue weighted by Crippen LogP contribution is -2.52. The van der Waals surface area contributed by atoms with E-state index in [2.05, 4.69) is 10.3 Å². The molecule has 1 aliphatic rings. The maximum Gasteiger partial charge on any atom is 0.274 e. The summed E-state index contributed by atoms with van der Waals surface area (Å²) in [4.78, 5) is 26.6. The van der Waals surface area contributed by atoms with Crippen LogP contribution >= 0.6 is 0 Å². The topological polar surface area (TPSA) is 93.8 Å². The third kappa shape index (κ3) is 2.38. The smallest absolute Gasteiger partial charge is 0.274 e. The fourth-order valence-electron chi connectivity index (χ4n) is 1.55. The molecule has 0 spiro atoms. The van der Waals surface area contributed by atoms with Crippen LogP contribution in [0.5, 0.6) is 5.75 Å². The first-order valence-corrected chi connectivity index (χ1v) is 5.54. The minimum Gasteiger partial charge on any atom is -0.494 e. The van der Waals surface area contributed by atoms with Gasteiger partial charge < -0.3 is 15.8 Å². The second-order valence-electron chi connectivity index (χ2n) is 3.73. The zero-order valence-electron chi connectivity index (χ0n) is 9.84. The van der Waals surface area contributed by atoms with Gasteiger partial charge in [-0.1, -0.05) is 12.1 Å². The zero-order chi connectivity index (χ0) is 13.1.